The third kappa shape index (κ3) is 2.59. The third-order valence-electron chi connectivity index (χ3n) is 2.83. The highest BCUT2D eigenvalue weighted by molar-refractivity contribution is 8.00. The lowest BCUT2D eigenvalue weighted by Crippen LogP contribution is -2.37. The van der Waals surface area contributed by atoms with Gasteiger partial charge >= 0.3 is 0 Å². The molecule has 2 N–H and O–H groups in total. The molecule has 82 valence electrons. The number of thioether (sulfide) groups is 1. The van der Waals surface area contributed by atoms with Crippen molar-refractivity contribution in [3.8, 4) is 0 Å². The molecule has 2 rings (SSSR count). The molecule has 1 aliphatic heterocycles. The maximum Gasteiger partial charge on any atom is 0.0387 e. The summed E-state index contributed by atoms with van der Waals surface area (Å²) in [6.45, 7) is 4.57. The van der Waals surface area contributed by atoms with Gasteiger partial charge in [0, 0.05) is 35.5 Å². The molecule has 0 aromatic heterocycles. The SMILES string of the molecule is CCC1CN(c2cccc(N)c2)CCS1. The van der Waals surface area contributed by atoms with E-state index in [0.29, 0.717) is 0 Å². The van der Waals surface area contributed by atoms with Crippen LogP contribution in [0.1, 0.15) is 13.3 Å². The first-order chi connectivity index (χ1) is 7.29. The van der Waals surface area contributed by atoms with Crippen LogP contribution < -0.4 is 10.6 Å². The predicted octanol–water partition coefficient (Wildman–Crippen LogP) is 2.60. The fourth-order valence-corrected chi connectivity index (χ4v) is 3.10. The van der Waals surface area contributed by atoms with Crippen LogP contribution in [0.15, 0.2) is 24.3 Å². The molecule has 1 fully saturated rings. The van der Waals surface area contributed by atoms with Crippen molar-refractivity contribution in [2.45, 2.75) is 18.6 Å². The Bertz CT molecular complexity index is 327. The zero-order valence-corrected chi connectivity index (χ0v) is 9.96. The average Bonchev–Trinajstić information content (AvgIpc) is 2.29. The van der Waals surface area contributed by atoms with Gasteiger partial charge in [-0.05, 0) is 24.6 Å². The van der Waals surface area contributed by atoms with Gasteiger partial charge in [-0.1, -0.05) is 13.0 Å². The molecule has 1 saturated heterocycles. The Balaban J connectivity index is 2.09. The topological polar surface area (TPSA) is 29.3 Å². The van der Waals surface area contributed by atoms with Crippen molar-refractivity contribution in [1.29, 1.82) is 0 Å². The van der Waals surface area contributed by atoms with Crippen molar-refractivity contribution in [1.82, 2.24) is 0 Å². The Morgan fingerprint density at radius 3 is 3.13 bits per heavy atom. The number of nitrogens with zero attached hydrogens (tertiary/aromatic N) is 1. The van der Waals surface area contributed by atoms with E-state index in [0.717, 1.165) is 24.0 Å². The fourth-order valence-electron chi connectivity index (χ4n) is 1.92. The van der Waals surface area contributed by atoms with Crippen LogP contribution >= 0.6 is 11.8 Å². The number of anilines is 2. The van der Waals surface area contributed by atoms with Gasteiger partial charge in [-0.3, -0.25) is 0 Å². The maximum absolute atomic E-state index is 5.80. The molecule has 0 spiro atoms. The van der Waals surface area contributed by atoms with Gasteiger partial charge in [-0.2, -0.15) is 11.8 Å². The first-order valence-corrected chi connectivity index (χ1v) is 6.56. The largest absolute Gasteiger partial charge is 0.399 e. The van der Waals surface area contributed by atoms with E-state index < -0.39 is 0 Å². The molecule has 0 radical (unpaired) electrons. The van der Waals surface area contributed by atoms with Gasteiger partial charge in [-0.15, -0.1) is 0 Å². The van der Waals surface area contributed by atoms with Crippen molar-refractivity contribution < 1.29 is 0 Å². The molecule has 1 aliphatic rings. The van der Waals surface area contributed by atoms with Crippen LogP contribution in [0.5, 0.6) is 0 Å². The molecule has 0 saturated carbocycles. The van der Waals surface area contributed by atoms with Crippen molar-refractivity contribution in [2.75, 3.05) is 29.5 Å². The lowest BCUT2D eigenvalue weighted by Gasteiger charge is -2.33. The van der Waals surface area contributed by atoms with Gasteiger partial charge in [0.25, 0.3) is 0 Å². The molecule has 0 bridgehead atoms. The monoisotopic (exact) mass is 222 g/mol. The van der Waals surface area contributed by atoms with Crippen molar-refractivity contribution in [2.24, 2.45) is 0 Å². The molecule has 1 unspecified atom stereocenters. The van der Waals surface area contributed by atoms with Crippen molar-refractivity contribution in [3.63, 3.8) is 0 Å². The Morgan fingerprint density at radius 2 is 2.40 bits per heavy atom. The number of nitrogens with two attached hydrogens (primary N) is 1. The molecular formula is C12H18N2S. The second kappa shape index (κ2) is 4.79. The molecule has 0 amide bonds. The molecule has 1 heterocycles. The number of nitrogen functional groups attached to an aromatic ring is 1. The molecule has 2 nitrogen and oxygen atoms in total. The van der Waals surface area contributed by atoms with Gasteiger partial charge < -0.3 is 10.6 Å². The number of hydrogen-bond donors (Lipinski definition) is 1. The van der Waals surface area contributed by atoms with Gasteiger partial charge in [-0.25, -0.2) is 0 Å². The summed E-state index contributed by atoms with van der Waals surface area (Å²) in [7, 11) is 0. The number of rotatable bonds is 2. The Kier molecular flexibility index (Phi) is 3.41. The van der Waals surface area contributed by atoms with E-state index >= 15 is 0 Å². The molecule has 15 heavy (non-hydrogen) atoms. The molecule has 1 aromatic carbocycles. The lowest BCUT2D eigenvalue weighted by atomic mass is 10.2. The van der Waals surface area contributed by atoms with E-state index in [1.807, 2.05) is 12.1 Å². The van der Waals surface area contributed by atoms with Gasteiger partial charge in [0.2, 0.25) is 0 Å². The standard InChI is InChI=1S/C12H18N2S/c1-2-12-9-14(6-7-15-12)11-5-3-4-10(13)8-11/h3-5,8,12H,2,6-7,9,13H2,1H3. The van der Waals surface area contributed by atoms with Crippen LogP contribution in [0.4, 0.5) is 11.4 Å². The maximum atomic E-state index is 5.80. The van der Waals surface area contributed by atoms with Crippen molar-refractivity contribution in [3.05, 3.63) is 24.3 Å². The summed E-state index contributed by atoms with van der Waals surface area (Å²) in [5, 5.41) is 0.778. The molecule has 1 aromatic rings. The van der Waals surface area contributed by atoms with Crippen LogP contribution in [0.2, 0.25) is 0 Å². The average molecular weight is 222 g/mol. The van der Waals surface area contributed by atoms with E-state index in [1.165, 1.54) is 17.9 Å². The Labute approximate surface area is 95.8 Å². The van der Waals surface area contributed by atoms with Gasteiger partial charge in [0.1, 0.15) is 0 Å². The smallest absolute Gasteiger partial charge is 0.0387 e. The zero-order chi connectivity index (χ0) is 10.7. The minimum Gasteiger partial charge on any atom is -0.399 e. The number of hydrogen-bond acceptors (Lipinski definition) is 3. The lowest BCUT2D eigenvalue weighted by molar-refractivity contribution is 0.728. The number of benzene rings is 1. The second-order valence-corrected chi connectivity index (χ2v) is 5.35. The van der Waals surface area contributed by atoms with Crippen LogP contribution in [0.25, 0.3) is 0 Å². The van der Waals surface area contributed by atoms with Crippen LogP contribution in [-0.4, -0.2) is 24.1 Å². The summed E-state index contributed by atoms with van der Waals surface area (Å²) in [5.74, 6) is 1.23. The highest BCUT2D eigenvalue weighted by atomic mass is 32.2. The fraction of sp³-hybridized carbons (Fsp3) is 0.500. The van der Waals surface area contributed by atoms with Gasteiger partial charge in [0.15, 0.2) is 0 Å². The summed E-state index contributed by atoms with van der Waals surface area (Å²) in [6, 6.07) is 8.20. The Morgan fingerprint density at radius 1 is 1.53 bits per heavy atom. The van der Waals surface area contributed by atoms with Crippen molar-refractivity contribution >= 4 is 23.1 Å². The highest BCUT2D eigenvalue weighted by Gasteiger charge is 2.18. The highest BCUT2D eigenvalue weighted by Crippen LogP contribution is 2.26. The normalized spacial score (nSPS) is 21.7. The summed E-state index contributed by atoms with van der Waals surface area (Å²) < 4.78 is 0. The van der Waals surface area contributed by atoms with E-state index in [9.17, 15) is 0 Å². The minimum absolute atomic E-state index is 0.778. The van der Waals surface area contributed by atoms with Crippen LogP contribution in [-0.2, 0) is 0 Å². The summed E-state index contributed by atoms with van der Waals surface area (Å²) in [5.41, 5.74) is 7.93. The first kappa shape index (κ1) is 10.7. The summed E-state index contributed by atoms with van der Waals surface area (Å²) in [4.78, 5) is 2.45. The third-order valence-corrected chi connectivity index (χ3v) is 4.20. The summed E-state index contributed by atoms with van der Waals surface area (Å²) >= 11 is 2.09. The molecule has 3 heteroatoms. The molecular weight excluding hydrogens is 204 g/mol. The molecule has 0 aliphatic carbocycles. The quantitative estimate of drug-likeness (QED) is 0.780. The minimum atomic E-state index is 0.778. The van der Waals surface area contributed by atoms with Gasteiger partial charge in [0.05, 0.1) is 0 Å². The van der Waals surface area contributed by atoms with E-state index in [-0.39, 0.29) is 0 Å². The second-order valence-electron chi connectivity index (χ2n) is 3.94. The first-order valence-electron chi connectivity index (χ1n) is 5.51. The summed E-state index contributed by atoms with van der Waals surface area (Å²) in [6.07, 6.45) is 1.25. The molecule has 1 atom stereocenters. The zero-order valence-electron chi connectivity index (χ0n) is 9.15. The van der Waals surface area contributed by atoms with E-state index in [2.05, 4.69) is 35.7 Å². The Hall–Kier alpha value is -0.830. The van der Waals surface area contributed by atoms with Crippen LogP contribution in [0.3, 0.4) is 0 Å². The van der Waals surface area contributed by atoms with E-state index in [1.54, 1.807) is 0 Å². The predicted molar refractivity (Wildman–Crippen MR) is 69.6 cm³/mol. The van der Waals surface area contributed by atoms with E-state index in [4.69, 9.17) is 5.73 Å². The van der Waals surface area contributed by atoms with Crippen LogP contribution in [0, 0.1) is 0 Å².